The van der Waals surface area contributed by atoms with Crippen molar-refractivity contribution >= 4 is 23.2 Å². The molecule has 3 rings (SSSR count). The van der Waals surface area contributed by atoms with E-state index in [-0.39, 0.29) is 11.8 Å². The van der Waals surface area contributed by atoms with Crippen molar-refractivity contribution in [3.05, 3.63) is 40.9 Å². The SMILES string of the molecule is CN(C)C(=O)C1(c2cnccn2)CCCN1C(=O)c1cncs1. The molecule has 8 heteroatoms. The topological polar surface area (TPSA) is 79.3 Å². The molecule has 0 bridgehead atoms. The normalized spacial score (nSPS) is 20.5. The third kappa shape index (κ3) is 2.48. The Kier molecular flexibility index (Phi) is 4.08. The highest BCUT2D eigenvalue weighted by atomic mass is 32.1. The van der Waals surface area contributed by atoms with Crippen LogP contribution < -0.4 is 0 Å². The number of hydrogen-bond donors (Lipinski definition) is 0. The van der Waals surface area contributed by atoms with Crippen molar-refractivity contribution in [2.24, 2.45) is 0 Å². The zero-order chi connectivity index (χ0) is 16.4. The minimum atomic E-state index is -1.10. The Bertz CT molecular complexity index is 704. The molecule has 0 aliphatic carbocycles. The molecule has 1 atom stereocenters. The minimum Gasteiger partial charge on any atom is -0.346 e. The summed E-state index contributed by atoms with van der Waals surface area (Å²) >= 11 is 1.27. The lowest BCUT2D eigenvalue weighted by Gasteiger charge is -2.37. The number of likely N-dealkylation sites (tertiary alicyclic amines) is 1. The Labute approximate surface area is 138 Å². The summed E-state index contributed by atoms with van der Waals surface area (Å²) in [6.07, 6.45) is 7.48. The molecular formula is C15H17N5O2S. The van der Waals surface area contributed by atoms with Gasteiger partial charge in [-0.25, -0.2) is 0 Å². The van der Waals surface area contributed by atoms with Gasteiger partial charge >= 0.3 is 0 Å². The highest BCUT2D eigenvalue weighted by Crippen LogP contribution is 2.40. The van der Waals surface area contributed by atoms with E-state index in [9.17, 15) is 9.59 Å². The van der Waals surface area contributed by atoms with Crippen molar-refractivity contribution in [2.75, 3.05) is 20.6 Å². The Balaban J connectivity index is 2.11. The molecule has 23 heavy (non-hydrogen) atoms. The van der Waals surface area contributed by atoms with Gasteiger partial charge in [-0.15, -0.1) is 11.3 Å². The molecule has 2 aromatic rings. The first kappa shape index (κ1) is 15.5. The quantitative estimate of drug-likeness (QED) is 0.843. The largest absolute Gasteiger partial charge is 0.346 e. The van der Waals surface area contributed by atoms with E-state index in [4.69, 9.17) is 0 Å². The second-order valence-electron chi connectivity index (χ2n) is 5.58. The first-order valence-corrected chi connectivity index (χ1v) is 8.14. The predicted molar refractivity (Wildman–Crippen MR) is 84.8 cm³/mol. The number of thiazole rings is 1. The molecule has 7 nitrogen and oxygen atoms in total. The standard InChI is InChI=1S/C15H17N5O2S/c1-19(2)14(22)15(12-9-16-5-6-18-12)4-3-7-20(15)13(21)11-8-17-10-23-11/h5-6,8-10H,3-4,7H2,1-2H3. The summed E-state index contributed by atoms with van der Waals surface area (Å²) in [6.45, 7) is 0.507. The Morgan fingerprint density at radius 1 is 1.26 bits per heavy atom. The molecule has 1 aliphatic rings. The molecule has 3 heterocycles. The van der Waals surface area contributed by atoms with Gasteiger partial charge in [-0.05, 0) is 12.8 Å². The maximum atomic E-state index is 13.0. The second-order valence-corrected chi connectivity index (χ2v) is 6.46. The van der Waals surface area contributed by atoms with Crippen LogP contribution in [0.3, 0.4) is 0 Å². The van der Waals surface area contributed by atoms with Crippen molar-refractivity contribution in [3.8, 4) is 0 Å². The zero-order valence-electron chi connectivity index (χ0n) is 13.0. The van der Waals surface area contributed by atoms with Gasteiger partial charge in [0.25, 0.3) is 11.8 Å². The van der Waals surface area contributed by atoms with E-state index in [1.165, 1.54) is 22.4 Å². The van der Waals surface area contributed by atoms with E-state index < -0.39 is 5.54 Å². The summed E-state index contributed by atoms with van der Waals surface area (Å²) in [7, 11) is 3.38. The Morgan fingerprint density at radius 2 is 2.09 bits per heavy atom. The average molecular weight is 331 g/mol. The van der Waals surface area contributed by atoms with E-state index in [1.54, 1.807) is 43.1 Å². The van der Waals surface area contributed by atoms with Gasteiger partial charge in [-0.1, -0.05) is 0 Å². The van der Waals surface area contributed by atoms with E-state index in [2.05, 4.69) is 15.0 Å². The van der Waals surface area contributed by atoms with Gasteiger partial charge in [0.15, 0.2) is 5.54 Å². The van der Waals surface area contributed by atoms with Crippen molar-refractivity contribution in [3.63, 3.8) is 0 Å². The molecule has 1 aliphatic heterocycles. The number of rotatable bonds is 3. The third-order valence-corrected chi connectivity index (χ3v) is 4.78. The molecule has 0 radical (unpaired) electrons. The average Bonchev–Trinajstić information content (AvgIpc) is 3.24. The Hall–Kier alpha value is -2.35. The van der Waals surface area contributed by atoms with Crippen molar-refractivity contribution in [2.45, 2.75) is 18.4 Å². The molecule has 2 aromatic heterocycles. The zero-order valence-corrected chi connectivity index (χ0v) is 13.8. The molecule has 1 fully saturated rings. The first-order chi connectivity index (χ1) is 11.1. The van der Waals surface area contributed by atoms with Gasteiger partial charge in [0.05, 0.1) is 23.6 Å². The van der Waals surface area contributed by atoms with Crippen LogP contribution in [0.5, 0.6) is 0 Å². The van der Waals surface area contributed by atoms with Gasteiger partial charge in [-0.3, -0.25) is 24.5 Å². The number of carbonyl (C=O) groups excluding carboxylic acids is 2. The fraction of sp³-hybridized carbons (Fsp3) is 0.400. The van der Waals surface area contributed by atoms with E-state index in [0.29, 0.717) is 23.5 Å². The molecule has 0 spiro atoms. The summed E-state index contributed by atoms with van der Waals surface area (Å²) in [5.41, 5.74) is 1.02. The van der Waals surface area contributed by atoms with Crippen LogP contribution >= 0.6 is 11.3 Å². The molecule has 1 unspecified atom stereocenters. The summed E-state index contributed by atoms with van der Waals surface area (Å²) in [6, 6.07) is 0. The maximum absolute atomic E-state index is 13.0. The summed E-state index contributed by atoms with van der Waals surface area (Å²) in [5.74, 6) is -0.348. The molecule has 0 aromatic carbocycles. The lowest BCUT2D eigenvalue weighted by molar-refractivity contribution is -0.140. The van der Waals surface area contributed by atoms with Crippen molar-refractivity contribution < 1.29 is 9.59 Å². The number of amides is 2. The van der Waals surface area contributed by atoms with Crippen LogP contribution in [0.4, 0.5) is 0 Å². The van der Waals surface area contributed by atoms with Crippen molar-refractivity contribution in [1.29, 1.82) is 0 Å². The summed E-state index contributed by atoms with van der Waals surface area (Å²) in [4.78, 5) is 41.9. The predicted octanol–water partition coefficient (Wildman–Crippen LogP) is 1.15. The summed E-state index contributed by atoms with van der Waals surface area (Å²) < 4.78 is 0. The van der Waals surface area contributed by atoms with E-state index in [1.807, 2.05) is 0 Å². The lowest BCUT2D eigenvalue weighted by atomic mass is 9.90. The fourth-order valence-corrected chi connectivity index (χ4v) is 3.60. The number of hydrogen-bond acceptors (Lipinski definition) is 6. The van der Waals surface area contributed by atoms with E-state index in [0.717, 1.165) is 6.42 Å². The van der Waals surface area contributed by atoms with E-state index >= 15 is 0 Å². The first-order valence-electron chi connectivity index (χ1n) is 7.26. The maximum Gasteiger partial charge on any atom is 0.266 e. The van der Waals surface area contributed by atoms with Crippen LogP contribution in [0.1, 0.15) is 28.2 Å². The molecule has 0 N–H and O–H groups in total. The Morgan fingerprint density at radius 3 is 2.70 bits per heavy atom. The van der Waals surface area contributed by atoms with Crippen LogP contribution in [-0.4, -0.2) is 57.2 Å². The van der Waals surface area contributed by atoms with Crippen LogP contribution in [0.25, 0.3) is 0 Å². The van der Waals surface area contributed by atoms with Gasteiger partial charge < -0.3 is 9.80 Å². The second kappa shape index (κ2) is 6.04. The van der Waals surface area contributed by atoms with Gasteiger partial charge in [-0.2, -0.15) is 0 Å². The molecule has 0 saturated carbocycles. The number of aromatic nitrogens is 3. The number of nitrogens with zero attached hydrogens (tertiary/aromatic N) is 5. The minimum absolute atomic E-state index is 0.159. The number of carbonyl (C=O) groups is 2. The van der Waals surface area contributed by atoms with Crippen LogP contribution in [0.15, 0.2) is 30.3 Å². The molecule has 120 valence electrons. The van der Waals surface area contributed by atoms with Crippen LogP contribution in [-0.2, 0) is 10.3 Å². The van der Waals surface area contributed by atoms with Gasteiger partial charge in [0.2, 0.25) is 0 Å². The van der Waals surface area contributed by atoms with Gasteiger partial charge in [0.1, 0.15) is 4.88 Å². The fourth-order valence-electron chi connectivity index (χ4n) is 3.03. The van der Waals surface area contributed by atoms with Gasteiger partial charge in [0, 0.05) is 33.0 Å². The molecular weight excluding hydrogens is 314 g/mol. The van der Waals surface area contributed by atoms with Crippen LogP contribution in [0, 0.1) is 0 Å². The number of likely N-dealkylation sites (N-methyl/N-ethyl adjacent to an activating group) is 1. The monoisotopic (exact) mass is 331 g/mol. The third-order valence-electron chi connectivity index (χ3n) is 4.02. The molecule has 1 saturated heterocycles. The van der Waals surface area contributed by atoms with Crippen LogP contribution in [0.2, 0.25) is 0 Å². The lowest BCUT2D eigenvalue weighted by Crippen LogP contribution is -2.55. The highest BCUT2D eigenvalue weighted by Gasteiger charge is 2.53. The highest BCUT2D eigenvalue weighted by molar-refractivity contribution is 7.11. The summed E-state index contributed by atoms with van der Waals surface area (Å²) in [5, 5.41) is 0. The molecule has 2 amide bonds. The smallest absolute Gasteiger partial charge is 0.266 e. The van der Waals surface area contributed by atoms with Crippen molar-refractivity contribution in [1.82, 2.24) is 24.8 Å².